The molecule has 10 nitrogen and oxygen atoms in total. The van der Waals surface area contributed by atoms with E-state index in [-0.39, 0.29) is 28.8 Å². The number of aryl methyl sites for hydroxylation is 1. The molecule has 3 aromatic rings. The first-order valence-corrected chi connectivity index (χ1v) is 14.6. The highest BCUT2D eigenvalue weighted by molar-refractivity contribution is 7.15. The number of benzene rings is 2. The zero-order valence-electron chi connectivity index (χ0n) is 23.7. The molecule has 1 saturated heterocycles. The molecule has 220 valence electrons. The summed E-state index contributed by atoms with van der Waals surface area (Å²) >= 11 is 0.914. The molecule has 0 aliphatic carbocycles. The average molecular weight is 593 g/mol. The summed E-state index contributed by atoms with van der Waals surface area (Å²) in [5.41, 5.74) is 6.60. The van der Waals surface area contributed by atoms with Crippen LogP contribution in [0.25, 0.3) is 0 Å². The highest BCUT2D eigenvalue weighted by Crippen LogP contribution is 2.37. The SMILES string of the molecule is Cc1nc(C(=O)N(C)C[C@@H](C)C(=O)N[C@]2(Cc3ccc(F)cc3)C(=O)N3CCCN3Cc3ccccc32)sc1C(N)=O. The second-order valence-corrected chi connectivity index (χ2v) is 11.9. The average Bonchev–Trinajstić information content (AvgIpc) is 3.57. The largest absolute Gasteiger partial charge is 0.365 e. The van der Waals surface area contributed by atoms with E-state index in [1.807, 2.05) is 29.3 Å². The van der Waals surface area contributed by atoms with E-state index < -0.39 is 35.0 Å². The quantitative estimate of drug-likeness (QED) is 0.414. The molecule has 3 heterocycles. The van der Waals surface area contributed by atoms with Crippen molar-refractivity contribution in [3.8, 4) is 0 Å². The maximum atomic E-state index is 14.4. The number of hydrogen-bond acceptors (Lipinski definition) is 7. The number of aromatic nitrogens is 1. The molecule has 12 heteroatoms. The third-order valence-corrected chi connectivity index (χ3v) is 8.98. The Hall–Kier alpha value is -4.16. The van der Waals surface area contributed by atoms with Crippen LogP contribution in [-0.2, 0) is 28.1 Å². The normalized spacial score (nSPS) is 19.0. The van der Waals surface area contributed by atoms with Gasteiger partial charge in [-0.25, -0.2) is 14.4 Å². The van der Waals surface area contributed by atoms with E-state index >= 15 is 0 Å². The fraction of sp³-hybridized carbons (Fsp3) is 0.367. The van der Waals surface area contributed by atoms with E-state index in [9.17, 15) is 23.6 Å². The van der Waals surface area contributed by atoms with Gasteiger partial charge >= 0.3 is 0 Å². The zero-order valence-corrected chi connectivity index (χ0v) is 24.5. The molecular weight excluding hydrogens is 559 g/mol. The number of nitrogens with two attached hydrogens (primary N) is 1. The summed E-state index contributed by atoms with van der Waals surface area (Å²) in [6.07, 6.45) is 0.931. The summed E-state index contributed by atoms with van der Waals surface area (Å²) in [5.74, 6) is -2.87. The van der Waals surface area contributed by atoms with Gasteiger partial charge in [0.05, 0.1) is 11.6 Å². The molecule has 1 aromatic heterocycles. The van der Waals surface area contributed by atoms with Gasteiger partial charge in [-0.15, -0.1) is 11.3 Å². The summed E-state index contributed by atoms with van der Waals surface area (Å²) in [5, 5.41) is 6.93. The number of primary amides is 1. The Labute approximate surface area is 247 Å². The molecule has 0 unspecified atom stereocenters. The van der Waals surface area contributed by atoms with Gasteiger partial charge in [-0.1, -0.05) is 43.3 Å². The van der Waals surface area contributed by atoms with Crippen molar-refractivity contribution in [2.24, 2.45) is 11.7 Å². The molecule has 5 rings (SSSR count). The standard InChI is InChI=1S/C30H33FN6O4S/c1-18(16-35(3)28(40)27-33-19(2)24(42-27)25(32)38)26(39)34-30(15-20-9-11-22(31)12-10-20)23-8-5-4-7-21(23)17-36-13-6-14-37(36)29(30)41/h4-5,7-12,18H,6,13-17H2,1-3H3,(H2,32,38)(H,34,39)/t18-,30+/m1/s1. The van der Waals surface area contributed by atoms with Crippen LogP contribution < -0.4 is 11.1 Å². The van der Waals surface area contributed by atoms with Crippen molar-refractivity contribution in [3.05, 3.63) is 86.6 Å². The minimum atomic E-state index is -1.45. The minimum Gasteiger partial charge on any atom is -0.365 e. The molecule has 0 spiro atoms. The Kier molecular flexibility index (Phi) is 8.11. The third kappa shape index (κ3) is 5.51. The first-order chi connectivity index (χ1) is 20.0. The summed E-state index contributed by atoms with van der Waals surface area (Å²) < 4.78 is 13.8. The van der Waals surface area contributed by atoms with Crippen LogP contribution in [0.2, 0.25) is 0 Å². The molecular formula is C30H33FN6O4S. The monoisotopic (exact) mass is 592 g/mol. The molecule has 42 heavy (non-hydrogen) atoms. The van der Waals surface area contributed by atoms with Gasteiger partial charge in [-0.05, 0) is 42.2 Å². The number of hydrogen-bond donors (Lipinski definition) is 2. The number of amides is 4. The number of carbonyl (C=O) groups excluding carboxylic acids is 4. The first kappa shape index (κ1) is 29.3. The maximum Gasteiger partial charge on any atom is 0.282 e. The lowest BCUT2D eigenvalue weighted by molar-refractivity contribution is -0.154. The van der Waals surface area contributed by atoms with Crippen molar-refractivity contribution in [1.29, 1.82) is 0 Å². The van der Waals surface area contributed by atoms with Gasteiger partial charge in [0.15, 0.2) is 10.5 Å². The van der Waals surface area contributed by atoms with Gasteiger partial charge in [0, 0.05) is 39.6 Å². The highest BCUT2D eigenvalue weighted by Gasteiger charge is 2.50. The zero-order chi connectivity index (χ0) is 30.2. The van der Waals surface area contributed by atoms with Crippen LogP contribution in [-0.4, -0.2) is 70.2 Å². The van der Waals surface area contributed by atoms with Gasteiger partial charge < -0.3 is 16.0 Å². The number of halogens is 1. The summed E-state index contributed by atoms with van der Waals surface area (Å²) in [6, 6.07) is 13.5. The number of hydrazine groups is 1. The highest BCUT2D eigenvalue weighted by atomic mass is 32.1. The third-order valence-electron chi connectivity index (χ3n) is 7.82. The Morgan fingerprint density at radius 2 is 1.88 bits per heavy atom. The van der Waals surface area contributed by atoms with Crippen molar-refractivity contribution in [2.75, 3.05) is 26.7 Å². The molecule has 3 N–H and O–H groups in total. The minimum absolute atomic E-state index is 0.0352. The van der Waals surface area contributed by atoms with E-state index in [0.29, 0.717) is 29.9 Å². The lowest BCUT2D eigenvalue weighted by Crippen LogP contribution is -2.60. The molecule has 1 fully saturated rings. The predicted octanol–water partition coefficient (Wildman–Crippen LogP) is 2.61. The van der Waals surface area contributed by atoms with Crippen LogP contribution in [0.5, 0.6) is 0 Å². The van der Waals surface area contributed by atoms with E-state index in [2.05, 4.69) is 10.3 Å². The lowest BCUT2D eigenvalue weighted by Gasteiger charge is -2.38. The van der Waals surface area contributed by atoms with Crippen LogP contribution in [0.1, 0.15) is 55.2 Å². The van der Waals surface area contributed by atoms with E-state index in [1.165, 1.54) is 17.0 Å². The van der Waals surface area contributed by atoms with Gasteiger partial charge in [-0.2, -0.15) is 0 Å². The number of thiazole rings is 1. The second-order valence-electron chi connectivity index (χ2n) is 10.9. The van der Waals surface area contributed by atoms with E-state index in [1.54, 1.807) is 38.0 Å². The number of rotatable bonds is 8. The van der Waals surface area contributed by atoms with Crippen molar-refractivity contribution in [2.45, 2.75) is 38.8 Å². The van der Waals surface area contributed by atoms with E-state index in [0.717, 1.165) is 29.9 Å². The van der Waals surface area contributed by atoms with Crippen LogP contribution in [0.4, 0.5) is 4.39 Å². The van der Waals surface area contributed by atoms with Crippen molar-refractivity contribution in [3.63, 3.8) is 0 Å². The van der Waals surface area contributed by atoms with Crippen LogP contribution >= 0.6 is 11.3 Å². The summed E-state index contributed by atoms with van der Waals surface area (Å²) in [7, 11) is 1.55. The molecule has 2 aromatic carbocycles. The van der Waals surface area contributed by atoms with Gasteiger partial charge in [0.1, 0.15) is 10.7 Å². The van der Waals surface area contributed by atoms with Gasteiger partial charge in [0.25, 0.3) is 17.7 Å². The van der Waals surface area contributed by atoms with Crippen LogP contribution in [0.3, 0.4) is 0 Å². The Morgan fingerprint density at radius 1 is 1.17 bits per heavy atom. The van der Waals surface area contributed by atoms with Gasteiger partial charge in [-0.3, -0.25) is 24.2 Å². The first-order valence-electron chi connectivity index (χ1n) is 13.7. The topological polar surface area (TPSA) is 129 Å². The molecule has 0 saturated carbocycles. The number of nitrogens with one attached hydrogen (secondary N) is 1. The number of nitrogens with zero attached hydrogens (tertiary/aromatic N) is 4. The smallest absolute Gasteiger partial charge is 0.282 e. The molecule has 4 amide bonds. The Morgan fingerprint density at radius 3 is 2.57 bits per heavy atom. The van der Waals surface area contributed by atoms with Crippen molar-refractivity contribution >= 4 is 35.0 Å². The molecule has 0 bridgehead atoms. The van der Waals surface area contributed by atoms with Crippen molar-refractivity contribution < 1.29 is 23.6 Å². The Bertz CT molecular complexity index is 1540. The van der Waals surface area contributed by atoms with Crippen LogP contribution in [0.15, 0.2) is 48.5 Å². The Balaban J connectivity index is 1.46. The maximum absolute atomic E-state index is 14.4. The molecule has 0 radical (unpaired) electrons. The van der Waals surface area contributed by atoms with Crippen LogP contribution in [0, 0.1) is 18.7 Å². The summed E-state index contributed by atoms with van der Waals surface area (Å²) in [4.78, 5) is 58.8. The molecule has 2 aliphatic heterocycles. The van der Waals surface area contributed by atoms with Gasteiger partial charge in [0.2, 0.25) is 5.91 Å². The van der Waals surface area contributed by atoms with E-state index in [4.69, 9.17) is 5.73 Å². The fourth-order valence-electron chi connectivity index (χ4n) is 5.70. The summed E-state index contributed by atoms with van der Waals surface area (Å²) in [6.45, 7) is 5.09. The second kappa shape index (κ2) is 11.6. The predicted molar refractivity (Wildman–Crippen MR) is 155 cm³/mol. The van der Waals surface area contributed by atoms with Crippen molar-refractivity contribution in [1.82, 2.24) is 25.2 Å². The molecule has 2 atom stereocenters. The molecule has 2 aliphatic rings. The number of fused-ring (bicyclic) bond motifs is 2. The lowest BCUT2D eigenvalue weighted by atomic mass is 9.80. The fourth-order valence-corrected chi connectivity index (χ4v) is 6.61. The number of carbonyl (C=O) groups is 4.